The lowest BCUT2D eigenvalue weighted by molar-refractivity contribution is 0.00632. The Morgan fingerprint density at radius 3 is 2.65 bits per heavy atom. The maximum Gasteiger partial charge on any atom is 0.129 e. The molecule has 0 saturated heterocycles. The summed E-state index contributed by atoms with van der Waals surface area (Å²) in [7, 11) is 0. The highest BCUT2D eigenvalue weighted by Gasteiger charge is 2.13. The van der Waals surface area contributed by atoms with E-state index in [9.17, 15) is 4.39 Å². The summed E-state index contributed by atoms with van der Waals surface area (Å²) in [6, 6.07) is 6.53. The third-order valence-electron chi connectivity index (χ3n) is 2.36. The fraction of sp³-hybridized carbons (Fsp3) is 0.538. The van der Waals surface area contributed by atoms with Crippen molar-refractivity contribution < 1.29 is 13.9 Å². The smallest absolute Gasteiger partial charge is 0.129 e. The summed E-state index contributed by atoms with van der Waals surface area (Å²) in [6.07, 6.45) is 0.578. The molecule has 0 bridgehead atoms. The minimum absolute atomic E-state index is 0.259. The van der Waals surface area contributed by atoms with Crippen LogP contribution in [0.25, 0.3) is 0 Å². The Kier molecular flexibility index (Phi) is 6.77. The van der Waals surface area contributed by atoms with Crippen LogP contribution in [0.4, 0.5) is 4.39 Å². The molecule has 1 aromatic carbocycles. The Labute approximate surface area is 102 Å². The molecule has 0 aromatic heterocycles. The number of hydrogen-bond acceptors (Lipinski definition) is 3. The van der Waals surface area contributed by atoms with Crippen LogP contribution in [-0.2, 0) is 9.47 Å². The van der Waals surface area contributed by atoms with E-state index in [0.717, 1.165) is 13.0 Å². The van der Waals surface area contributed by atoms with Gasteiger partial charge in [-0.1, -0.05) is 25.1 Å². The first-order valence-electron chi connectivity index (χ1n) is 5.93. The van der Waals surface area contributed by atoms with E-state index in [1.165, 1.54) is 6.07 Å². The first-order valence-corrected chi connectivity index (χ1v) is 5.93. The van der Waals surface area contributed by atoms with Gasteiger partial charge in [0, 0.05) is 18.7 Å². The van der Waals surface area contributed by atoms with Crippen LogP contribution in [0.15, 0.2) is 24.3 Å². The number of nitrogens with two attached hydrogens (primary N) is 1. The van der Waals surface area contributed by atoms with Gasteiger partial charge in [-0.15, -0.1) is 0 Å². The molecule has 0 amide bonds. The van der Waals surface area contributed by atoms with Crippen molar-refractivity contribution in [1.82, 2.24) is 0 Å². The summed E-state index contributed by atoms with van der Waals surface area (Å²) in [6.45, 7) is 3.96. The molecule has 0 aliphatic heterocycles. The quantitative estimate of drug-likeness (QED) is 0.710. The van der Waals surface area contributed by atoms with Crippen molar-refractivity contribution in [1.29, 1.82) is 0 Å². The molecule has 0 radical (unpaired) electrons. The maximum absolute atomic E-state index is 13.5. The zero-order valence-corrected chi connectivity index (χ0v) is 10.2. The van der Waals surface area contributed by atoms with Crippen LogP contribution in [0.1, 0.15) is 25.0 Å². The van der Waals surface area contributed by atoms with Gasteiger partial charge in [0.1, 0.15) is 5.82 Å². The molecular formula is C13H20FNO2. The Morgan fingerprint density at radius 1 is 1.24 bits per heavy atom. The van der Waals surface area contributed by atoms with E-state index >= 15 is 0 Å². The molecule has 1 rings (SSSR count). The van der Waals surface area contributed by atoms with Gasteiger partial charge in [-0.25, -0.2) is 4.39 Å². The molecular weight excluding hydrogens is 221 g/mol. The number of benzene rings is 1. The first kappa shape index (κ1) is 14.1. The molecule has 2 N–H and O–H groups in total. The number of rotatable bonds is 8. The zero-order chi connectivity index (χ0) is 12.5. The molecule has 0 aliphatic carbocycles. The normalized spacial score (nSPS) is 12.6. The van der Waals surface area contributed by atoms with E-state index in [1.807, 2.05) is 6.92 Å². The molecule has 0 fully saturated rings. The van der Waals surface area contributed by atoms with E-state index in [4.69, 9.17) is 15.2 Å². The van der Waals surface area contributed by atoms with Crippen molar-refractivity contribution in [2.45, 2.75) is 19.4 Å². The van der Waals surface area contributed by atoms with Crippen molar-refractivity contribution in [3.8, 4) is 0 Å². The maximum atomic E-state index is 13.5. The highest BCUT2D eigenvalue weighted by Crippen LogP contribution is 2.19. The van der Waals surface area contributed by atoms with Gasteiger partial charge in [-0.3, -0.25) is 0 Å². The summed E-state index contributed by atoms with van der Waals surface area (Å²) in [5.41, 5.74) is 6.09. The van der Waals surface area contributed by atoms with Crippen LogP contribution in [0.2, 0.25) is 0 Å². The van der Waals surface area contributed by atoms with Gasteiger partial charge < -0.3 is 15.2 Å². The molecule has 0 heterocycles. The van der Waals surface area contributed by atoms with Crippen molar-refractivity contribution >= 4 is 0 Å². The van der Waals surface area contributed by atoms with Crippen molar-refractivity contribution in [2.75, 3.05) is 26.4 Å². The summed E-state index contributed by atoms with van der Waals surface area (Å²) < 4.78 is 24.3. The van der Waals surface area contributed by atoms with Crippen LogP contribution < -0.4 is 5.73 Å². The van der Waals surface area contributed by atoms with Crippen LogP contribution >= 0.6 is 0 Å². The first-order chi connectivity index (χ1) is 8.29. The lowest BCUT2D eigenvalue weighted by Crippen LogP contribution is -2.19. The second-order valence-corrected chi connectivity index (χ2v) is 3.73. The summed E-state index contributed by atoms with van der Waals surface area (Å²) >= 11 is 0. The molecule has 1 unspecified atom stereocenters. The summed E-state index contributed by atoms with van der Waals surface area (Å²) in [4.78, 5) is 0. The van der Waals surface area contributed by atoms with Gasteiger partial charge in [0.25, 0.3) is 0 Å². The van der Waals surface area contributed by atoms with Crippen LogP contribution in [0.5, 0.6) is 0 Å². The van der Waals surface area contributed by atoms with Gasteiger partial charge >= 0.3 is 0 Å². The standard InChI is InChI=1S/C13H20FNO2/c1-2-7-16-8-9-17-13(10-15)11-5-3-4-6-12(11)14/h3-6,13H,2,7-10,15H2,1H3. The molecule has 1 atom stereocenters. The van der Waals surface area contributed by atoms with E-state index in [-0.39, 0.29) is 12.4 Å². The third kappa shape index (κ3) is 4.81. The fourth-order valence-electron chi connectivity index (χ4n) is 1.52. The molecule has 1 aromatic rings. The Bertz CT molecular complexity index is 320. The topological polar surface area (TPSA) is 44.5 Å². The van der Waals surface area contributed by atoms with E-state index in [2.05, 4.69) is 0 Å². The van der Waals surface area contributed by atoms with Crippen LogP contribution in [0, 0.1) is 5.82 Å². The Balaban J connectivity index is 2.41. The fourth-order valence-corrected chi connectivity index (χ4v) is 1.52. The monoisotopic (exact) mass is 241 g/mol. The third-order valence-corrected chi connectivity index (χ3v) is 2.36. The zero-order valence-electron chi connectivity index (χ0n) is 10.2. The molecule has 0 aliphatic rings. The molecule has 3 nitrogen and oxygen atoms in total. The average Bonchev–Trinajstić information content (AvgIpc) is 2.35. The molecule has 96 valence electrons. The van der Waals surface area contributed by atoms with E-state index < -0.39 is 6.10 Å². The lowest BCUT2D eigenvalue weighted by Gasteiger charge is -2.17. The highest BCUT2D eigenvalue weighted by molar-refractivity contribution is 5.20. The Morgan fingerprint density at radius 2 is 2.00 bits per heavy atom. The van der Waals surface area contributed by atoms with Crippen molar-refractivity contribution in [2.24, 2.45) is 5.73 Å². The van der Waals surface area contributed by atoms with Gasteiger partial charge in [0.2, 0.25) is 0 Å². The second kappa shape index (κ2) is 8.17. The van der Waals surface area contributed by atoms with Crippen LogP contribution in [-0.4, -0.2) is 26.4 Å². The predicted octanol–water partition coefficient (Wildman–Crippen LogP) is 2.27. The van der Waals surface area contributed by atoms with Gasteiger partial charge in [-0.2, -0.15) is 0 Å². The highest BCUT2D eigenvalue weighted by atomic mass is 19.1. The number of hydrogen-bond donors (Lipinski definition) is 1. The van der Waals surface area contributed by atoms with E-state index in [1.54, 1.807) is 18.2 Å². The molecule has 4 heteroatoms. The minimum atomic E-state index is -0.401. The summed E-state index contributed by atoms with van der Waals surface area (Å²) in [5, 5.41) is 0. The largest absolute Gasteiger partial charge is 0.379 e. The van der Waals surface area contributed by atoms with Gasteiger partial charge in [0.05, 0.1) is 19.3 Å². The molecule has 0 spiro atoms. The summed E-state index contributed by atoms with van der Waals surface area (Å²) in [5.74, 6) is -0.280. The predicted molar refractivity (Wildman–Crippen MR) is 65.3 cm³/mol. The van der Waals surface area contributed by atoms with Gasteiger partial charge in [0.15, 0.2) is 0 Å². The average molecular weight is 241 g/mol. The number of halogens is 1. The second-order valence-electron chi connectivity index (χ2n) is 3.73. The van der Waals surface area contributed by atoms with Gasteiger partial charge in [-0.05, 0) is 12.5 Å². The van der Waals surface area contributed by atoms with Crippen molar-refractivity contribution in [3.63, 3.8) is 0 Å². The lowest BCUT2D eigenvalue weighted by atomic mass is 10.1. The van der Waals surface area contributed by atoms with E-state index in [0.29, 0.717) is 18.8 Å². The van der Waals surface area contributed by atoms with Crippen LogP contribution in [0.3, 0.4) is 0 Å². The minimum Gasteiger partial charge on any atom is -0.379 e. The molecule has 17 heavy (non-hydrogen) atoms. The number of ether oxygens (including phenoxy) is 2. The van der Waals surface area contributed by atoms with Crippen molar-refractivity contribution in [3.05, 3.63) is 35.6 Å². The SMILES string of the molecule is CCCOCCOC(CN)c1ccccc1F. The Hall–Kier alpha value is -0.970. The molecule has 0 saturated carbocycles.